The summed E-state index contributed by atoms with van der Waals surface area (Å²) in [4.78, 5) is 26.9. The van der Waals surface area contributed by atoms with Crippen molar-refractivity contribution in [3.05, 3.63) is 65.7 Å². The first-order valence-electron chi connectivity index (χ1n) is 10.7. The van der Waals surface area contributed by atoms with E-state index in [9.17, 15) is 13.8 Å². The molecule has 2 saturated heterocycles. The second kappa shape index (κ2) is 10.2. The molecule has 2 aliphatic rings. The molecular formula is C24H28N2O4S. The van der Waals surface area contributed by atoms with Gasteiger partial charge in [-0.2, -0.15) is 0 Å². The first kappa shape index (κ1) is 21.7. The van der Waals surface area contributed by atoms with Gasteiger partial charge < -0.3 is 15.0 Å². The van der Waals surface area contributed by atoms with Crippen LogP contribution in [0.4, 0.5) is 5.69 Å². The van der Waals surface area contributed by atoms with Crippen molar-refractivity contribution < 1.29 is 18.5 Å². The fourth-order valence-electron chi connectivity index (χ4n) is 4.11. The third-order valence-electron chi connectivity index (χ3n) is 5.85. The third-order valence-corrected chi connectivity index (χ3v) is 7.68. The summed E-state index contributed by atoms with van der Waals surface area (Å²) in [5, 5.41) is 3.12. The van der Waals surface area contributed by atoms with Crippen LogP contribution in [-0.2, 0) is 37.4 Å². The topological polar surface area (TPSA) is 75.7 Å². The quantitative estimate of drug-likeness (QED) is 0.718. The second-order valence-electron chi connectivity index (χ2n) is 8.19. The lowest BCUT2D eigenvalue weighted by molar-refractivity contribution is -0.128. The van der Waals surface area contributed by atoms with Gasteiger partial charge in [0.15, 0.2) is 0 Å². The highest BCUT2D eigenvalue weighted by atomic mass is 32.2. The van der Waals surface area contributed by atoms with E-state index in [1.165, 1.54) is 0 Å². The van der Waals surface area contributed by atoms with Crippen LogP contribution in [-0.4, -0.2) is 45.9 Å². The number of ether oxygens (including phenoxy) is 1. The number of nitrogens with one attached hydrogen (secondary N) is 1. The van der Waals surface area contributed by atoms with Crippen molar-refractivity contribution in [1.82, 2.24) is 4.90 Å². The predicted octanol–water partition coefficient (Wildman–Crippen LogP) is 3.10. The van der Waals surface area contributed by atoms with Crippen LogP contribution < -0.4 is 5.32 Å². The van der Waals surface area contributed by atoms with Crippen molar-refractivity contribution in [2.75, 3.05) is 25.1 Å². The fraction of sp³-hybridized carbons (Fsp3) is 0.417. The zero-order valence-electron chi connectivity index (χ0n) is 17.5. The Morgan fingerprint density at radius 2 is 1.81 bits per heavy atom. The molecule has 0 aliphatic carbocycles. The maximum Gasteiger partial charge on any atom is 0.229 e. The maximum atomic E-state index is 12.8. The number of rotatable bonds is 7. The zero-order valence-corrected chi connectivity index (χ0v) is 18.3. The number of carbonyl (C=O) groups excluding carboxylic acids is 2. The molecule has 2 unspecified atom stereocenters. The molecule has 4 rings (SSSR count). The summed E-state index contributed by atoms with van der Waals surface area (Å²) in [6, 6.07) is 17.3. The highest BCUT2D eigenvalue weighted by Crippen LogP contribution is 2.23. The van der Waals surface area contributed by atoms with Crippen LogP contribution in [0.3, 0.4) is 0 Å². The van der Waals surface area contributed by atoms with E-state index in [1.54, 1.807) is 4.90 Å². The number of likely N-dealkylation sites (tertiary alicyclic amines) is 1. The minimum atomic E-state index is -0.953. The molecule has 0 bridgehead atoms. The number of benzene rings is 2. The van der Waals surface area contributed by atoms with E-state index in [0.29, 0.717) is 37.7 Å². The summed E-state index contributed by atoms with van der Waals surface area (Å²) in [5.41, 5.74) is 2.68. The third kappa shape index (κ3) is 5.80. The molecule has 2 aromatic carbocycles. The van der Waals surface area contributed by atoms with Crippen molar-refractivity contribution in [3.8, 4) is 0 Å². The van der Waals surface area contributed by atoms with Crippen LogP contribution in [0.25, 0.3) is 0 Å². The first-order chi connectivity index (χ1) is 15.1. The van der Waals surface area contributed by atoms with E-state index in [2.05, 4.69) is 5.32 Å². The molecule has 1 N–H and O–H groups in total. The van der Waals surface area contributed by atoms with Crippen molar-refractivity contribution in [2.24, 2.45) is 5.92 Å². The molecule has 2 aliphatic heterocycles. The van der Waals surface area contributed by atoms with Crippen LogP contribution in [0.5, 0.6) is 0 Å². The van der Waals surface area contributed by atoms with Crippen molar-refractivity contribution in [3.63, 3.8) is 0 Å². The molecule has 7 heteroatoms. The van der Waals surface area contributed by atoms with Gasteiger partial charge in [0, 0.05) is 60.2 Å². The van der Waals surface area contributed by atoms with E-state index in [4.69, 9.17) is 4.74 Å². The van der Waals surface area contributed by atoms with Crippen LogP contribution in [0, 0.1) is 5.92 Å². The van der Waals surface area contributed by atoms with Gasteiger partial charge in [0.2, 0.25) is 11.8 Å². The van der Waals surface area contributed by atoms with Crippen LogP contribution in [0.1, 0.15) is 30.4 Å². The normalized spacial score (nSPS) is 20.6. The van der Waals surface area contributed by atoms with Gasteiger partial charge in [-0.3, -0.25) is 13.8 Å². The number of anilines is 1. The van der Waals surface area contributed by atoms with Crippen molar-refractivity contribution in [2.45, 2.75) is 36.8 Å². The Kier molecular flexibility index (Phi) is 7.14. The van der Waals surface area contributed by atoms with Gasteiger partial charge in [-0.15, -0.1) is 0 Å². The Labute approximate surface area is 185 Å². The van der Waals surface area contributed by atoms with Gasteiger partial charge >= 0.3 is 0 Å². The summed E-state index contributed by atoms with van der Waals surface area (Å²) in [6.45, 7) is 2.30. The zero-order chi connectivity index (χ0) is 21.6. The lowest BCUT2D eigenvalue weighted by atomic mass is 10.1. The smallest absolute Gasteiger partial charge is 0.229 e. The van der Waals surface area contributed by atoms with Crippen molar-refractivity contribution in [1.29, 1.82) is 0 Å². The van der Waals surface area contributed by atoms with Crippen LogP contribution in [0.15, 0.2) is 54.6 Å². The average Bonchev–Trinajstić information content (AvgIpc) is 3.15. The van der Waals surface area contributed by atoms with Gasteiger partial charge in [-0.1, -0.05) is 42.5 Å². The molecule has 6 nitrogen and oxygen atoms in total. The van der Waals surface area contributed by atoms with Gasteiger partial charge in [-0.25, -0.2) is 0 Å². The number of carbonyl (C=O) groups is 2. The SMILES string of the molecule is O=C(Nc1cccc(CS(=O)C2CCOCC2)c1)C1CC(=O)N(Cc2ccccc2)C1. The maximum absolute atomic E-state index is 12.8. The Bertz CT molecular complexity index is 944. The molecule has 31 heavy (non-hydrogen) atoms. The van der Waals surface area contributed by atoms with Crippen molar-refractivity contribution >= 4 is 28.3 Å². The summed E-state index contributed by atoms with van der Waals surface area (Å²) >= 11 is 0. The highest BCUT2D eigenvalue weighted by Gasteiger charge is 2.34. The molecule has 2 aromatic rings. The lowest BCUT2D eigenvalue weighted by Gasteiger charge is -2.21. The van der Waals surface area contributed by atoms with Gasteiger partial charge in [0.05, 0.1) is 5.92 Å². The Hall–Kier alpha value is -2.51. The molecule has 0 aromatic heterocycles. The van der Waals surface area contributed by atoms with E-state index >= 15 is 0 Å². The average molecular weight is 441 g/mol. The van der Waals surface area contributed by atoms with Crippen LogP contribution >= 0.6 is 0 Å². The molecule has 2 amide bonds. The van der Waals surface area contributed by atoms with E-state index in [-0.39, 0.29) is 29.4 Å². The number of amides is 2. The molecular weight excluding hydrogens is 412 g/mol. The van der Waals surface area contributed by atoms with E-state index in [0.717, 1.165) is 24.0 Å². The highest BCUT2D eigenvalue weighted by molar-refractivity contribution is 7.84. The largest absolute Gasteiger partial charge is 0.381 e. The molecule has 2 atom stereocenters. The van der Waals surface area contributed by atoms with E-state index in [1.807, 2.05) is 54.6 Å². The standard InChI is InChI=1S/C24H28N2O4S/c27-23-14-20(16-26(23)15-18-5-2-1-3-6-18)24(28)25-21-8-4-7-19(13-21)17-31(29)22-9-11-30-12-10-22/h1-8,13,20,22H,9-12,14-17H2,(H,25,28). The summed E-state index contributed by atoms with van der Waals surface area (Å²) in [5.74, 6) is -0.0336. The van der Waals surface area contributed by atoms with E-state index < -0.39 is 10.8 Å². The number of hydrogen-bond acceptors (Lipinski definition) is 4. The summed E-state index contributed by atoms with van der Waals surface area (Å²) in [7, 11) is -0.953. The summed E-state index contributed by atoms with van der Waals surface area (Å²) < 4.78 is 18.0. The molecule has 0 radical (unpaired) electrons. The molecule has 0 spiro atoms. The van der Waals surface area contributed by atoms with Crippen LogP contribution in [0.2, 0.25) is 0 Å². The van der Waals surface area contributed by atoms with Gasteiger partial charge in [0.25, 0.3) is 0 Å². The minimum Gasteiger partial charge on any atom is -0.381 e. The monoisotopic (exact) mass is 440 g/mol. The summed E-state index contributed by atoms with van der Waals surface area (Å²) in [6.07, 6.45) is 1.89. The Balaban J connectivity index is 1.32. The fourth-order valence-corrected chi connectivity index (χ4v) is 5.57. The molecule has 0 saturated carbocycles. The predicted molar refractivity (Wildman–Crippen MR) is 121 cm³/mol. The lowest BCUT2D eigenvalue weighted by Crippen LogP contribution is -2.28. The first-order valence-corrected chi connectivity index (χ1v) is 12.1. The van der Waals surface area contributed by atoms with Gasteiger partial charge in [-0.05, 0) is 36.1 Å². The number of nitrogens with zero attached hydrogens (tertiary/aromatic N) is 1. The minimum absolute atomic E-state index is 0.00427. The Morgan fingerprint density at radius 1 is 1.06 bits per heavy atom. The molecule has 2 fully saturated rings. The molecule has 164 valence electrons. The second-order valence-corrected chi connectivity index (χ2v) is 9.90. The Morgan fingerprint density at radius 3 is 2.58 bits per heavy atom. The van der Waals surface area contributed by atoms with Gasteiger partial charge in [0.1, 0.15) is 0 Å². The molecule has 2 heterocycles. The number of hydrogen-bond donors (Lipinski definition) is 1.